The number of aromatic amines is 1. The first-order valence-corrected chi connectivity index (χ1v) is 9.77. The van der Waals surface area contributed by atoms with Crippen molar-refractivity contribution in [1.29, 1.82) is 0 Å². The molecule has 1 aliphatic carbocycles. The average Bonchev–Trinajstić information content (AvgIpc) is 2.69. The lowest BCUT2D eigenvalue weighted by atomic mass is 9.96. The molecule has 19 heavy (non-hydrogen) atoms. The van der Waals surface area contributed by atoms with E-state index in [0.29, 0.717) is 10.9 Å². The van der Waals surface area contributed by atoms with Crippen molar-refractivity contribution in [3.63, 3.8) is 0 Å². The predicted octanol–water partition coefficient (Wildman–Crippen LogP) is 1.70. The van der Waals surface area contributed by atoms with Crippen molar-refractivity contribution in [1.82, 2.24) is 9.71 Å². The second kappa shape index (κ2) is 5.99. The van der Waals surface area contributed by atoms with Gasteiger partial charge in [-0.05, 0) is 26.0 Å². The van der Waals surface area contributed by atoms with E-state index in [1.54, 1.807) is 18.7 Å². The smallest absolute Gasteiger partial charge is 0.305 e. The van der Waals surface area contributed by atoms with Gasteiger partial charge in [0.1, 0.15) is 0 Å². The Morgan fingerprint density at radius 2 is 2.05 bits per heavy atom. The van der Waals surface area contributed by atoms with Crippen LogP contribution in [0.2, 0.25) is 0 Å². The lowest BCUT2D eigenvalue weighted by molar-refractivity contribution is 0.423. The Bertz CT molecular complexity index is 591. The highest BCUT2D eigenvalue weighted by atomic mass is 32.2. The summed E-state index contributed by atoms with van der Waals surface area (Å²) in [7, 11) is -3.59. The summed E-state index contributed by atoms with van der Waals surface area (Å²) in [4.78, 5) is 13.4. The largest absolute Gasteiger partial charge is 0.315 e. The van der Waals surface area contributed by atoms with Crippen molar-refractivity contribution >= 4 is 33.1 Å². The van der Waals surface area contributed by atoms with Crippen molar-refractivity contribution in [3.05, 3.63) is 15.4 Å². The highest BCUT2D eigenvalue weighted by molar-refractivity contribution is 7.99. The molecule has 2 atom stereocenters. The van der Waals surface area contributed by atoms with Crippen LogP contribution in [0.1, 0.15) is 31.4 Å². The molecule has 0 saturated heterocycles. The fourth-order valence-electron chi connectivity index (χ4n) is 2.41. The number of thioether (sulfide) groups is 1. The minimum atomic E-state index is -3.59. The number of thiazole rings is 1. The van der Waals surface area contributed by atoms with Gasteiger partial charge in [-0.15, -0.1) is 0 Å². The average molecular weight is 322 g/mol. The SMILES string of the molecule is CSC1CCCCC1NS(=O)(=O)c1sc(=O)[nH]c1C. The first kappa shape index (κ1) is 15.1. The second-order valence-corrected chi connectivity index (χ2v) is 8.68. The number of hydrogen-bond donors (Lipinski definition) is 2. The fourth-order valence-corrected chi connectivity index (χ4v) is 6.06. The number of hydrogen-bond acceptors (Lipinski definition) is 5. The maximum Gasteiger partial charge on any atom is 0.305 e. The van der Waals surface area contributed by atoms with Gasteiger partial charge in [-0.2, -0.15) is 11.8 Å². The molecule has 1 heterocycles. The molecule has 0 radical (unpaired) electrons. The second-order valence-electron chi connectivity index (χ2n) is 4.71. The number of nitrogens with one attached hydrogen (secondary N) is 2. The predicted molar refractivity (Wildman–Crippen MR) is 79.6 cm³/mol. The van der Waals surface area contributed by atoms with Crippen molar-refractivity contribution in [3.8, 4) is 0 Å². The van der Waals surface area contributed by atoms with Gasteiger partial charge in [-0.3, -0.25) is 4.79 Å². The van der Waals surface area contributed by atoms with E-state index in [9.17, 15) is 13.2 Å². The van der Waals surface area contributed by atoms with Crippen molar-refractivity contribution in [2.45, 2.75) is 48.1 Å². The zero-order valence-corrected chi connectivity index (χ0v) is 13.4. The van der Waals surface area contributed by atoms with E-state index in [4.69, 9.17) is 0 Å². The number of rotatable bonds is 4. The van der Waals surface area contributed by atoms with E-state index in [1.165, 1.54) is 0 Å². The molecule has 2 unspecified atom stereocenters. The van der Waals surface area contributed by atoms with Crippen LogP contribution in [0.15, 0.2) is 9.00 Å². The summed E-state index contributed by atoms with van der Waals surface area (Å²) in [6, 6.07) is -0.0367. The molecule has 5 nitrogen and oxygen atoms in total. The van der Waals surface area contributed by atoms with E-state index < -0.39 is 10.0 Å². The molecular weight excluding hydrogens is 304 g/mol. The maximum absolute atomic E-state index is 12.3. The van der Waals surface area contributed by atoms with Crippen LogP contribution in [0.25, 0.3) is 0 Å². The summed E-state index contributed by atoms with van der Waals surface area (Å²) in [5, 5.41) is 0.319. The molecule has 1 aromatic rings. The molecule has 1 fully saturated rings. The van der Waals surface area contributed by atoms with Crippen LogP contribution >= 0.6 is 23.1 Å². The molecule has 2 N–H and O–H groups in total. The Kier molecular flexibility index (Phi) is 4.75. The quantitative estimate of drug-likeness (QED) is 0.884. The lowest BCUT2D eigenvalue weighted by Crippen LogP contribution is -2.43. The number of aromatic nitrogens is 1. The molecular formula is C11H18N2O3S3. The third-order valence-corrected chi connectivity index (χ3v) is 7.60. The van der Waals surface area contributed by atoms with Crippen LogP contribution in [0.3, 0.4) is 0 Å². The van der Waals surface area contributed by atoms with E-state index in [-0.39, 0.29) is 15.1 Å². The molecule has 0 aromatic carbocycles. The summed E-state index contributed by atoms with van der Waals surface area (Å²) in [6.45, 7) is 1.61. The summed E-state index contributed by atoms with van der Waals surface area (Å²) in [6.07, 6.45) is 6.11. The Morgan fingerprint density at radius 1 is 1.37 bits per heavy atom. The van der Waals surface area contributed by atoms with Crippen LogP contribution in [0.5, 0.6) is 0 Å². The highest BCUT2D eigenvalue weighted by Crippen LogP contribution is 2.28. The Morgan fingerprint density at radius 3 is 2.63 bits per heavy atom. The molecule has 0 aliphatic heterocycles. The van der Waals surface area contributed by atoms with Crippen molar-refractivity contribution in [2.24, 2.45) is 0 Å². The Hall–Kier alpha value is -0.310. The molecule has 1 saturated carbocycles. The third-order valence-electron chi connectivity index (χ3n) is 3.34. The molecule has 108 valence electrons. The minimum Gasteiger partial charge on any atom is -0.315 e. The van der Waals surface area contributed by atoms with Gasteiger partial charge >= 0.3 is 4.87 Å². The monoisotopic (exact) mass is 322 g/mol. The molecule has 1 aromatic heterocycles. The highest BCUT2D eigenvalue weighted by Gasteiger charge is 2.30. The van der Waals surface area contributed by atoms with E-state index in [0.717, 1.165) is 37.0 Å². The molecule has 8 heteroatoms. The zero-order chi connectivity index (χ0) is 14.0. The van der Waals surface area contributed by atoms with Gasteiger partial charge in [0.25, 0.3) is 10.0 Å². The Balaban J connectivity index is 2.21. The molecule has 2 rings (SSSR count). The number of sulfonamides is 1. The fraction of sp³-hybridized carbons (Fsp3) is 0.727. The summed E-state index contributed by atoms with van der Waals surface area (Å²) in [5.41, 5.74) is 0.416. The maximum atomic E-state index is 12.3. The lowest BCUT2D eigenvalue weighted by Gasteiger charge is -2.30. The number of aryl methyl sites for hydroxylation is 1. The molecule has 0 spiro atoms. The van der Waals surface area contributed by atoms with Crippen LogP contribution in [0.4, 0.5) is 0 Å². The van der Waals surface area contributed by atoms with Gasteiger partial charge < -0.3 is 4.98 Å². The normalized spacial score (nSPS) is 24.5. The van der Waals surface area contributed by atoms with Crippen molar-refractivity contribution in [2.75, 3.05) is 6.26 Å². The van der Waals surface area contributed by atoms with Gasteiger partial charge in [0.05, 0.1) is 0 Å². The van der Waals surface area contributed by atoms with Gasteiger partial charge in [0, 0.05) is 17.0 Å². The van der Waals surface area contributed by atoms with E-state index in [1.807, 2.05) is 6.26 Å². The summed E-state index contributed by atoms with van der Waals surface area (Å²) < 4.78 is 27.5. The van der Waals surface area contributed by atoms with Crippen molar-refractivity contribution < 1.29 is 8.42 Å². The topological polar surface area (TPSA) is 79.0 Å². The summed E-state index contributed by atoms with van der Waals surface area (Å²) in [5.74, 6) is 0. The third kappa shape index (κ3) is 3.42. The van der Waals surface area contributed by atoms with Crippen LogP contribution in [0, 0.1) is 6.92 Å². The van der Waals surface area contributed by atoms with Gasteiger partial charge in [-0.1, -0.05) is 24.2 Å². The first-order chi connectivity index (χ1) is 8.94. The summed E-state index contributed by atoms with van der Waals surface area (Å²) >= 11 is 2.46. The zero-order valence-electron chi connectivity index (χ0n) is 10.9. The molecule has 0 bridgehead atoms. The first-order valence-electron chi connectivity index (χ1n) is 6.19. The van der Waals surface area contributed by atoms with Gasteiger partial charge in [0.15, 0.2) is 4.21 Å². The van der Waals surface area contributed by atoms with Crippen LogP contribution in [-0.4, -0.2) is 30.9 Å². The molecule has 0 amide bonds. The van der Waals surface area contributed by atoms with E-state index in [2.05, 4.69) is 9.71 Å². The van der Waals surface area contributed by atoms with Gasteiger partial charge in [-0.25, -0.2) is 13.1 Å². The number of H-pyrrole nitrogens is 1. The minimum absolute atomic E-state index is 0.0367. The standard InChI is InChI=1S/C11H18N2O3S3/c1-7-10(18-11(14)12-7)19(15,16)13-8-5-3-4-6-9(8)17-2/h8-9,13H,3-6H2,1-2H3,(H,12,14). The molecule has 1 aliphatic rings. The van der Waals surface area contributed by atoms with Crippen LogP contribution < -0.4 is 9.60 Å². The van der Waals surface area contributed by atoms with Crippen LogP contribution in [-0.2, 0) is 10.0 Å². The van der Waals surface area contributed by atoms with Gasteiger partial charge in [0.2, 0.25) is 0 Å². The van der Waals surface area contributed by atoms with E-state index >= 15 is 0 Å². The Labute approximate surface area is 121 Å².